The number of amides is 1. The second-order valence-electron chi connectivity index (χ2n) is 7.28. The molecule has 0 spiro atoms. The molecule has 2 aromatic rings. The Morgan fingerprint density at radius 2 is 2.08 bits per heavy atom. The van der Waals surface area contributed by atoms with E-state index in [1.807, 2.05) is 36.1 Å². The zero-order valence-electron chi connectivity index (χ0n) is 13.9. The van der Waals surface area contributed by atoms with Gasteiger partial charge in [0.25, 0.3) is 5.91 Å². The summed E-state index contributed by atoms with van der Waals surface area (Å²) in [7, 11) is 0. The van der Waals surface area contributed by atoms with Gasteiger partial charge < -0.3 is 14.4 Å². The van der Waals surface area contributed by atoms with Gasteiger partial charge in [-0.05, 0) is 44.2 Å². The van der Waals surface area contributed by atoms with Crippen LogP contribution in [0.1, 0.15) is 40.9 Å². The number of hydrogen-bond acceptors (Lipinski definition) is 3. The molecule has 2 bridgehead atoms. The molecule has 1 aromatic heterocycles. The Hall–Kier alpha value is -2.07. The molecule has 1 N–H and O–H groups in total. The predicted molar refractivity (Wildman–Crippen MR) is 90.7 cm³/mol. The number of carbonyl (C=O) groups is 1. The Labute approximate surface area is 142 Å². The van der Waals surface area contributed by atoms with E-state index in [0.717, 1.165) is 31.2 Å². The smallest absolute Gasteiger partial charge is 0.290 e. The second-order valence-corrected chi connectivity index (χ2v) is 7.28. The molecular weight excluding hydrogens is 302 g/mol. The summed E-state index contributed by atoms with van der Waals surface area (Å²) in [6.45, 7) is 2.02. The Balaban J connectivity index is 1.63. The van der Waals surface area contributed by atoms with E-state index in [1.54, 1.807) is 6.26 Å². The minimum absolute atomic E-state index is 0.0200. The van der Waals surface area contributed by atoms with Crippen LogP contribution in [0.4, 0.5) is 0 Å². The highest BCUT2D eigenvalue weighted by Crippen LogP contribution is 2.51. The van der Waals surface area contributed by atoms with Gasteiger partial charge in [-0.15, -0.1) is 0 Å². The van der Waals surface area contributed by atoms with Gasteiger partial charge >= 0.3 is 0 Å². The highest BCUT2D eigenvalue weighted by molar-refractivity contribution is 5.93. The van der Waals surface area contributed by atoms with E-state index in [4.69, 9.17) is 4.42 Å². The zero-order valence-corrected chi connectivity index (χ0v) is 13.9. The van der Waals surface area contributed by atoms with Crippen molar-refractivity contribution in [2.75, 3.05) is 6.61 Å². The fourth-order valence-electron chi connectivity index (χ4n) is 4.72. The average molecular weight is 325 g/mol. The van der Waals surface area contributed by atoms with Crippen LogP contribution in [0.25, 0.3) is 0 Å². The Morgan fingerprint density at radius 3 is 2.75 bits per heavy atom. The van der Waals surface area contributed by atoms with Crippen molar-refractivity contribution in [2.24, 2.45) is 5.41 Å². The maximum Gasteiger partial charge on any atom is 0.290 e. The topological polar surface area (TPSA) is 53.7 Å². The molecule has 0 radical (unpaired) electrons. The number of aliphatic hydroxyl groups excluding tert-OH is 1. The van der Waals surface area contributed by atoms with E-state index in [1.165, 1.54) is 5.56 Å². The Morgan fingerprint density at radius 1 is 1.29 bits per heavy atom. The quantitative estimate of drug-likeness (QED) is 0.939. The number of furan rings is 1. The normalized spacial score (nSPS) is 28.5. The van der Waals surface area contributed by atoms with Gasteiger partial charge in [0, 0.05) is 23.1 Å². The number of fused-ring (bicyclic) bond motifs is 2. The van der Waals surface area contributed by atoms with E-state index < -0.39 is 0 Å². The number of hydrogen-bond donors (Lipinski definition) is 1. The van der Waals surface area contributed by atoms with E-state index in [0.29, 0.717) is 5.76 Å². The van der Waals surface area contributed by atoms with Crippen molar-refractivity contribution in [3.8, 4) is 0 Å². The number of aryl methyl sites for hydroxylation is 1. The zero-order chi connectivity index (χ0) is 16.7. The van der Waals surface area contributed by atoms with Crippen molar-refractivity contribution in [1.82, 2.24) is 4.90 Å². The third kappa shape index (κ3) is 2.28. The van der Waals surface area contributed by atoms with Crippen LogP contribution in [0.5, 0.6) is 0 Å². The number of nitrogens with zero attached hydrogens (tertiary/aromatic N) is 1. The van der Waals surface area contributed by atoms with Crippen LogP contribution >= 0.6 is 0 Å². The van der Waals surface area contributed by atoms with Crippen molar-refractivity contribution >= 4 is 5.91 Å². The molecule has 4 heteroatoms. The predicted octanol–water partition coefficient (Wildman–Crippen LogP) is 3.19. The van der Waals surface area contributed by atoms with E-state index in [-0.39, 0.29) is 30.0 Å². The average Bonchev–Trinajstić information content (AvgIpc) is 3.28. The van der Waals surface area contributed by atoms with Crippen LogP contribution < -0.4 is 0 Å². The fraction of sp³-hybridized carbons (Fsp3) is 0.450. The first-order chi connectivity index (χ1) is 11.6. The minimum atomic E-state index is -0.236. The summed E-state index contributed by atoms with van der Waals surface area (Å²) in [6, 6.07) is 12.4. The number of benzene rings is 1. The van der Waals surface area contributed by atoms with Crippen LogP contribution in [-0.2, 0) is 6.42 Å². The molecule has 0 aliphatic carbocycles. The van der Waals surface area contributed by atoms with Gasteiger partial charge in [-0.25, -0.2) is 0 Å². The molecule has 0 saturated carbocycles. The van der Waals surface area contributed by atoms with Crippen molar-refractivity contribution in [3.05, 3.63) is 59.5 Å². The van der Waals surface area contributed by atoms with Gasteiger partial charge in [0.1, 0.15) is 0 Å². The molecule has 2 aliphatic heterocycles. The summed E-state index contributed by atoms with van der Waals surface area (Å²) < 4.78 is 5.43. The fourth-order valence-corrected chi connectivity index (χ4v) is 4.72. The molecule has 4 nitrogen and oxygen atoms in total. The molecule has 24 heavy (non-hydrogen) atoms. The molecule has 1 amide bonds. The number of rotatable bonds is 4. The molecule has 3 atom stereocenters. The summed E-state index contributed by atoms with van der Waals surface area (Å²) in [4.78, 5) is 15.0. The van der Waals surface area contributed by atoms with Crippen LogP contribution in [0.2, 0.25) is 0 Å². The molecule has 3 heterocycles. The summed E-state index contributed by atoms with van der Waals surface area (Å²) in [5.41, 5.74) is 1.87. The first-order valence-corrected chi connectivity index (χ1v) is 8.66. The maximum atomic E-state index is 13.0. The molecule has 1 aromatic carbocycles. The van der Waals surface area contributed by atoms with Gasteiger partial charge in [-0.3, -0.25) is 4.79 Å². The lowest BCUT2D eigenvalue weighted by Gasteiger charge is -2.36. The number of carbonyl (C=O) groups excluding carboxylic acids is 1. The first-order valence-electron chi connectivity index (χ1n) is 8.66. The minimum Gasteiger partial charge on any atom is -0.459 e. The molecule has 2 saturated heterocycles. The van der Waals surface area contributed by atoms with Gasteiger partial charge in [0.15, 0.2) is 5.76 Å². The summed E-state index contributed by atoms with van der Waals surface area (Å²) in [6.07, 6.45) is 5.24. The highest BCUT2D eigenvalue weighted by atomic mass is 16.3. The summed E-state index contributed by atoms with van der Waals surface area (Å²) in [5, 5.41) is 10.2. The summed E-state index contributed by atoms with van der Waals surface area (Å²) in [5.74, 6) is 0.425. The van der Waals surface area contributed by atoms with Crippen molar-refractivity contribution in [1.29, 1.82) is 0 Å². The summed E-state index contributed by atoms with van der Waals surface area (Å²) >= 11 is 0. The lowest BCUT2D eigenvalue weighted by Crippen LogP contribution is -2.44. The van der Waals surface area contributed by atoms with Crippen molar-refractivity contribution in [2.45, 2.75) is 44.7 Å². The van der Waals surface area contributed by atoms with Gasteiger partial charge in [-0.2, -0.15) is 0 Å². The Bertz CT molecular complexity index is 738. The van der Waals surface area contributed by atoms with E-state index in [9.17, 15) is 9.90 Å². The van der Waals surface area contributed by atoms with Gasteiger partial charge in [-0.1, -0.05) is 30.3 Å². The van der Waals surface area contributed by atoms with E-state index in [2.05, 4.69) is 12.1 Å². The van der Waals surface area contributed by atoms with Gasteiger partial charge in [0.2, 0.25) is 0 Å². The van der Waals surface area contributed by atoms with Crippen molar-refractivity contribution in [3.63, 3.8) is 0 Å². The standard InChI is InChI=1S/C20H23NO3/c1-14-9-10-24-18(14)19(23)21-16-7-8-17(21)20(12-16,13-22)11-15-5-3-2-4-6-15/h2-6,9-10,16-17,22H,7-8,11-13H2,1H3/t16-,17+,20-/m0/s1. The van der Waals surface area contributed by atoms with Crippen molar-refractivity contribution < 1.29 is 14.3 Å². The highest BCUT2D eigenvalue weighted by Gasteiger charge is 2.57. The van der Waals surface area contributed by atoms with E-state index >= 15 is 0 Å². The third-order valence-electron chi connectivity index (χ3n) is 5.86. The largest absolute Gasteiger partial charge is 0.459 e. The molecule has 2 aliphatic rings. The lowest BCUT2D eigenvalue weighted by atomic mass is 9.70. The lowest BCUT2D eigenvalue weighted by molar-refractivity contribution is 0.0546. The van der Waals surface area contributed by atoms with Crippen LogP contribution in [0.15, 0.2) is 47.1 Å². The molecule has 0 unspecified atom stereocenters. The number of aliphatic hydroxyl groups is 1. The molecule has 4 rings (SSSR count). The van der Waals surface area contributed by atoms with Crippen LogP contribution in [-0.4, -0.2) is 34.6 Å². The third-order valence-corrected chi connectivity index (χ3v) is 5.86. The molecular formula is C20H23NO3. The maximum absolute atomic E-state index is 13.0. The van der Waals surface area contributed by atoms with Gasteiger partial charge in [0.05, 0.1) is 12.9 Å². The second kappa shape index (κ2) is 5.78. The van der Waals surface area contributed by atoms with Crippen LogP contribution in [0.3, 0.4) is 0 Å². The monoisotopic (exact) mass is 325 g/mol. The first kappa shape index (κ1) is 15.5. The molecule has 2 fully saturated rings. The SMILES string of the molecule is Cc1ccoc1C(=O)N1[C@H]2CC[C@@H]1[C@@](CO)(Cc1ccccc1)C2. The van der Waals surface area contributed by atoms with Crippen LogP contribution in [0, 0.1) is 12.3 Å². The molecule has 126 valence electrons. The Kier molecular flexibility index (Phi) is 3.72.